The summed E-state index contributed by atoms with van der Waals surface area (Å²) in [5.74, 6) is -0.938. The van der Waals surface area contributed by atoms with Gasteiger partial charge >= 0.3 is 5.97 Å². The van der Waals surface area contributed by atoms with Crippen LogP contribution in [0.4, 0.5) is 5.13 Å². The molecule has 10 nitrogen and oxygen atoms in total. The van der Waals surface area contributed by atoms with E-state index in [1.165, 1.54) is 36.6 Å². The van der Waals surface area contributed by atoms with E-state index in [-0.39, 0.29) is 11.5 Å². The highest BCUT2D eigenvalue weighted by atomic mass is 32.1. The number of nitrogens with one attached hydrogen (secondary N) is 2. The molecule has 0 fully saturated rings. The SMILES string of the molecule is COc1ccc(-c2csc(NC(=O)c3ccc(OCC(=O)NCC(=O)O)c(OC)c3)n2)cc1. The number of benzene rings is 2. The number of rotatable bonds is 10. The molecule has 0 bridgehead atoms. The minimum Gasteiger partial charge on any atom is -0.497 e. The number of hydrogen-bond donors (Lipinski definition) is 3. The Kier molecular flexibility index (Phi) is 7.82. The van der Waals surface area contributed by atoms with Crippen LogP contribution in [0.3, 0.4) is 0 Å². The molecule has 0 aliphatic rings. The van der Waals surface area contributed by atoms with Gasteiger partial charge in [-0.25, -0.2) is 4.98 Å². The summed E-state index contributed by atoms with van der Waals surface area (Å²) in [5, 5.41) is 15.8. The van der Waals surface area contributed by atoms with Crippen molar-refractivity contribution in [2.45, 2.75) is 0 Å². The van der Waals surface area contributed by atoms with Crippen LogP contribution >= 0.6 is 11.3 Å². The van der Waals surface area contributed by atoms with Crippen LogP contribution in [-0.2, 0) is 9.59 Å². The number of amides is 2. The second-order valence-corrected chi connectivity index (χ2v) is 7.40. The third-order valence-electron chi connectivity index (χ3n) is 4.33. The Bertz CT molecular complexity index is 1150. The van der Waals surface area contributed by atoms with Crippen LogP contribution in [0.25, 0.3) is 11.3 Å². The highest BCUT2D eigenvalue weighted by Gasteiger charge is 2.15. The summed E-state index contributed by atoms with van der Waals surface area (Å²) in [7, 11) is 2.99. The summed E-state index contributed by atoms with van der Waals surface area (Å²) in [6.45, 7) is -0.905. The first-order valence-electron chi connectivity index (χ1n) is 9.60. The minimum atomic E-state index is -1.16. The molecule has 0 aliphatic carbocycles. The van der Waals surface area contributed by atoms with Gasteiger partial charge in [0.25, 0.3) is 11.8 Å². The molecule has 0 unspecified atom stereocenters. The van der Waals surface area contributed by atoms with Gasteiger partial charge in [0.15, 0.2) is 23.2 Å². The molecule has 1 heterocycles. The Labute approximate surface area is 193 Å². The maximum Gasteiger partial charge on any atom is 0.322 e. The maximum absolute atomic E-state index is 12.7. The molecule has 2 amide bonds. The lowest BCUT2D eigenvalue weighted by molar-refractivity contribution is -0.138. The monoisotopic (exact) mass is 471 g/mol. The zero-order valence-electron chi connectivity index (χ0n) is 17.8. The van der Waals surface area contributed by atoms with E-state index in [0.717, 1.165) is 17.0 Å². The van der Waals surface area contributed by atoms with Crippen molar-refractivity contribution < 1.29 is 33.7 Å². The average Bonchev–Trinajstić information content (AvgIpc) is 3.29. The molecule has 0 radical (unpaired) electrons. The van der Waals surface area contributed by atoms with Crippen molar-refractivity contribution in [1.29, 1.82) is 0 Å². The van der Waals surface area contributed by atoms with Gasteiger partial charge in [0, 0.05) is 16.5 Å². The lowest BCUT2D eigenvalue weighted by atomic mass is 10.2. The zero-order valence-corrected chi connectivity index (χ0v) is 18.6. The van der Waals surface area contributed by atoms with E-state index in [2.05, 4.69) is 15.6 Å². The number of nitrogens with zero attached hydrogens (tertiary/aromatic N) is 1. The summed E-state index contributed by atoms with van der Waals surface area (Å²) < 4.78 is 15.8. The maximum atomic E-state index is 12.7. The fourth-order valence-corrected chi connectivity index (χ4v) is 3.41. The van der Waals surface area contributed by atoms with Gasteiger partial charge in [-0.2, -0.15) is 0 Å². The molecule has 3 rings (SSSR count). The highest BCUT2D eigenvalue weighted by Crippen LogP contribution is 2.30. The Balaban J connectivity index is 1.63. The minimum absolute atomic E-state index is 0.232. The quantitative estimate of drug-likeness (QED) is 0.411. The third-order valence-corrected chi connectivity index (χ3v) is 5.09. The average molecular weight is 471 g/mol. The number of carbonyl (C=O) groups is 3. The fourth-order valence-electron chi connectivity index (χ4n) is 2.69. The molecular weight excluding hydrogens is 450 g/mol. The predicted octanol–water partition coefficient (Wildman–Crippen LogP) is 2.66. The van der Waals surface area contributed by atoms with Gasteiger partial charge in [-0.15, -0.1) is 11.3 Å². The topological polar surface area (TPSA) is 136 Å². The van der Waals surface area contributed by atoms with Gasteiger partial charge in [0.05, 0.1) is 19.9 Å². The zero-order chi connectivity index (χ0) is 23.8. The first kappa shape index (κ1) is 23.5. The molecule has 3 aromatic rings. The Morgan fingerprint density at radius 2 is 1.79 bits per heavy atom. The Morgan fingerprint density at radius 3 is 2.45 bits per heavy atom. The van der Waals surface area contributed by atoms with Crippen molar-refractivity contribution in [2.75, 3.05) is 32.7 Å². The number of carbonyl (C=O) groups excluding carboxylic acids is 2. The molecule has 172 valence electrons. The van der Waals surface area contributed by atoms with Gasteiger partial charge < -0.3 is 24.6 Å². The molecule has 33 heavy (non-hydrogen) atoms. The van der Waals surface area contributed by atoms with E-state index < -0.39 is 30.9 Å². The largest absolute Gasteiger partial charge is 0.497 e. The molecular formula is C22H21N3O7S. The Hall–Kier alpha value is -4.12. The number of anilines is 1. The summed E-state index contributed by atoms with van der Waals surface area (Å²) in [6, 6.07) is 11.9. The number of hydrogen-bond acceptors (Lipinski definition) is 8. The Morgan fingerprint density at radius 1 is 1.03 bits per heavy atom. The molecule has 1 aromatic heterocycles. The van der Waals surface area contributed by atoms with Crippen molar-refractivity contribution in [3.8, 4) is 28.5 Å². The lowest BCUT2D eigenvalue weighted by Crippen LogP contribution is -2.33. The highest BCUT2D eigenvalue weighted by molar-refractivity contribution is 7.14. The van der Waals surface area contributed by atoms with Crippen molar-refractivity contribution in [2.24, 2.45) is 0 Å². The molecule has 11 heteroatoms. The molecule has 0 saturated carbocycles. The van der Waals surface area contributed by atoms with Crippen LogP contribution in [0, 0.1) is 0 Å². The van der Waals surface area contributed by atoms with Gasteiger partial charge in [-0.3, -0.25) is 19.7 Å². The summed E-state index contributed by atoms with van der Waals surface area (Å²) in [4.78, 5) is 39.2. The summed E-state index contributed by atoms with van der Waals surface area (Å²) in [5.41, 5.74) is 1.92. The third kappa shape index (κ3) is 6.43. The van der Waals surface area contributed by atoms with E-state index in [1.54, 1.807) is 7.11 Å². The number of aromatic nitrogens is 1. The number of ether oxygens (including phenoxy) is 3. The number of methoxy groups -OCH3 is 2. The summed E-state index contributed by atoms with van der Waals surface area (Å²) >= 11 is 1.29. The van der Waals surface area contributed by atoms with Crippen LogP contribution in [0.2, 0.25) is 0 Å². The van der Waals surface area contributed by atoms with E-state index in [9.17, 15) is 14.4 Å². The predicted molar refractivity (Wildman–Crippen MR) is 121 cm³/mol. The van der Waals surface area contributed by atoms with Crippen molar-refractivity contribution in [3.63, 3.8) is 0 Å². The standard InChI is InChI=1S/C22H21N3O7S/c1-30-15-6-3-13(4-7-15)16-12-33-22(24-16)25-21(29)14-5-8-17(18(9-14)31-2)32-11-19(26)23-10-20(27)28/h3-9,12H,10-11H2,1-2H3,(H,23,26)(H,27,28)(H,24,25,29). The van der Waals surface area contributed by atoms with E-state index in [0.29, 0.717) is 10.7 Å². The molecule has 3 N–H and O–H groups in total. The van der Waals surface area contributed by atoms with Crippen molar-refractivity contribution in [1.82, 2.24) is 10.3 Å². The van der Waals surface area contributed by atoms with Crippen LogP contribution in [0.5, 0.6) is 17.2 Å². The number of aliphatic carboxylic acids is 1. The second-order valence-electron chi connectivity index (χ2n) is 6.55. The van der Waals surface area contributed by atoms with Gasteiger partial charge in [-0.1, -0.05) is 0 Å². The first-order valence-corrected chi connectivity index (χ1v) is 10.5. The smallest absolute Gasteiger partial charge is 0.322 e. The van der Waals surface area contributed by atoms with E-state index in [1.807, 2.05) is 29.6 Å². The number of carboxylic acid groups (broad SMARTS) is 1. The van der Waals surface area contributed by atoms with Crippen LogP contribution in [0.1, 0.15) is 10.4 Å². The first-order chi connectivity index (χ1) is 15.9. The van der Waals surface area contributed by atoms with Gasteiger partial charge in [0.2, 0.25) is 0 Å². The van der Waals surface area contributed by atoms with Gasteiger partial charge in [0.1, 0.15) is 12.3 Å². The normalized spacial score (nSPS) is 10.2. The number of thiazole rings is 1. The lowest BCUT2D eigenvalue weighted by Gasteiger charge is -2.12. The second kappa shape index (κ2) is 11.0. The molecule has 0 aliphatic heterocycles. The van der Waals surface area contributed by atoms with E-state index >= 15 is 0 Å². The van der Waals surface area contributed by atoms with Crippen molar-refractivity contribution in [3.05, 3.63) is 53.4 Å². The molecule has 2 aromatic carbocycles. The number of carboxylic acids is 1. The van der Waals surface area contributed by atoms with E-state index in [4.69, 9.17) is 19.3 Å². The fraction of sp³-hybridized carbons (Fsp3) is 0.182. The van der Waals surface area contributed by atoms with Crippen LogP contribution in [-0.4, -0.2) is 55.2 Å². The molecule has 0 atom stereocenters. The van der Waals surface area contributed by atoms with Gasteiger partial charge in [-0.05, 0) is 42.5 Å². The molecule has 0 spiro atoms. The molecule has 0 saturated heterocycles. The van der Waals surface area contributed by atoms with Crippen LogP contribution in [0.15, 0.2) is 47.8 Å². The van der Waals surface area contributed by atoms with Crippen LogP contribution < -0.4 is 24.8 Å². The summed E-state index contributed by atoms with van der Waals surface area (Å²) in [6.07, 6.45) is 0. The van der Waals surface area contributed by atoms with Crippen molar-refractivity contribution >= 4 is 34.3 Å².